The van der Waals surface area contributed by atoms with Gasteiger partial charge >= 0.3 is 5.97 Å². The maximum absolute atomic E-state index is 13.7. The highest BCUT2D eigenvalue weighted by Crippen LogP contribution is 2.27. The minimum Gasteiger partial charge on any atom is -0.456 e. The number of nitrogens with zero attached hydrogens (tertiary/aromatic N) is 2. The molecule has 0 aliphatic rings. The summed E-state index contributed by atoms with van der Waals surface area (Å²) < 4.78 is 25.1. The summed E-state index contributed by atoms with van der Waals surface area (Å²) in [6.07, 6.45) is 4.02. The molecule has 5 nitrogen and oxygen atoms in total. The fourth-order valence-electron chi connectivity index (χ4n) is 2.88. The van der Waals surface area contributed by atoms with E-state index in [4.69, 9.17) is 9.47 Å². The zero-order chi connectivity index (χ0) is 20.8. The maximum Gasteiger partial charge on any atom is 0.339 e. The van der Waals surface area contributed by atoms with Crippen LogP contribution in [0.5, 0.6) is 11.5 Å². The lowest BCUT2D eigenvalue weighted by Gasteiger charge is -2.18. The molecule has 0 bridgehead atoms. The molecule has 0 fully saturated rings. The van der Waals surface area contributed by atoms with Crippen LogP contribution in [0.1, 0.15) is 27.7 Å². The fourth-order valence-corrected chi connectivity index (χ4v) is 2.88. The van der Waals surface area contributed by atoms with Crippen molar-refractivity contribution in [2.45, 2.75) is 6.10 Å². The van der Waals surface area contributed by atoms with Gasteiger partial charge < -0.3 is 9.47 Å². The standard InChI is InChI=1S/C24H17FN2O3/c25-19-6-3-5-18(15-19)23(22-8-1-2-14-27-22)30-24(28)17-9-11-20(12-10-17)29-21-7-4-13-26-16-21/h1-16,23H. The summed E-state index contributed by atoms with van der Waals surface area (Å²) in [5.74, 6) is 0.185. The van der Waals surface area contributed by atoms with Crippen LogP contribution in [-0.4, -0.2) is 15.9 Å². The van der Waals surface area contributed by atoms with Gasteiger partial charge in [-0.2, -0.15) is 0 Å². The van der Waals surface area contributed by atoms with Crippen molar-refractivity contribution >= 4 is 5.97 Å². The van der Waals surface area contributed by atoms with Gasteiger partial charge in [-0.1, -0.05) is 18.2 Å². The van der Waals surface area contributed by atoms with Crippen molar-refractivity contribution < 1.29 is 18.7 Å². The number of benzene rings is 2. The predicted molar refractivity (Wildman–Crippen MR) is 109 cm³/mol. The smallest absolute Gasteiger partial charge is 0.339 e. The van der Waals surface area contributed by atoms with Gasteiger partial charge in [0.05, 0.1) is 17.5 Å². The number of esters is 1. The van der Waals surface area contributed by atoms with Crippen molar-refractivity contribution in [2.24, 2.45) is 0 Å². The zero-order valence-electron chi connectivity index (χ0n) is 15.8. The summed E-state index contributed by atoms with van der Waals surface area (Å²) in [5, 5.41) is 0. The maximum atomic E-state index is 13.7. The number of hydrogen-bond donors (Lipinski definition) is 0. The molecule has 0 N–H and O–H groups in total. The van der Waals surface area contributed by atoms with Crippen LogP contribution in [0, 0.1) is 5.82 Å². The molecule has 30 heavy (non-hydrogen) atoms. The first kappa shape index (κ1) is 19.3. The number of aromatic nitrogens is 2. The minimum absolute atomic E-state index is 0.339. The molecule has 2 aromatic carbocycles. The van der Waals surface area contributed by atoms with Crippen LogP contribution in [0.2, 0.25) is 0 Å². The summed E-state index contributed by atoms with van der Waals surface area (Å²) in [7, 11) is 0. The van der Waals surface area contributed by atoms with E-state index >= 15 is 0 Å². The number of halogens is 1. The van der Waals surface area contributed by atoms with Gasteiger partial charge in [0.1, 0.15) is 17.3 Å². The Morgan fingerprint density at radius 3 is 2.43 bits per heavy atom. The molecule has 4 aromatic rings. The Labute approximate surface area is 172 Å². The normalized spacial score (nSPS) is 11.5. The van der Waals surface area contributed by atoms with Crippen LogP contribution in [-0.2, 0) is 4.74 Å². The fraction of sp³-hybridized carbons (Fsp3) is 0.0417. The molecule has 0 aliphatic heterocycles. The third-order valence-corrected chi connectivity index (χ3v) is 4.29. The van der Waals surface area contributed by atoms with Crippen molar-refractivity contribution in [2.75, 3.05) is 0 Å². The summed E-state index contributed by atoms with van der Waals surface area (Å²) in [4.78, 5) is 21.0. The second kappa shape index (κ2) is 8.96. The number of pyridine rings is 2. The van der Waals surface area contributed by atoms with Gasteiger partial charge in [0.25, 0.3) is 0 Å². The molecule has 0 amide bonds. The number of rotatable bonds is 6. The van der Waals surface area contributed by atoms with E-state index in [1.165, 1.54) is 12.1 Å². The van der Waals surface area contributed by atoms with Crippen LogP contribution in [0.15, 0.2) is 97.5 Å². The first-order valence-electron chi connectivity index (χ1n) is 9.24. The lowest BCUT2D eigenvalue weighted by atomic mass is 10.1. The molecular formula is C24H17FN2O3. The Morgan fingerprint density at radius 2 is 1.73 bits per heavy atom. The molecule has 148 valence electrons. The van der Waals surface area contributed by atoms with E-state index in [0.717, 1.165) is 0 Å². The quantitative estimate of drug-likeness (QED) is 0.408. The van der Waals surface area contributed by atoms with Gasteiger partial charge in [-0.3, -0.25) is 9.97 Å². The van der Waals surface area contributed by atoms with Gasteiger partial charge in [-0.15, -0.1) is 0 Å². The van der Waals surface area contributed by atoms with Crippen molar-refractivity contribution in [1.82, 2.24) is 9.97 Å². The predicted octanol–water partition coefficient (Wildman–Crippen LogP) is 5.35. The monoisotopic (exact) mass is 400 g/mol. The Balaban J connectivity index is 1.54. The van der Waals surface area contributed by atoms with E-state index in [1.54, 1.807) is 85.3 Å². The van der Waals surface area contributed by atoms with Crippen LogP contribution < -0.4 is 4.74 Å². The SMILES string of the molecule is O=C(OC(c1cccc(F)c1)c1ccccn1)c1ccc(Oc2cccnc2)cc1. The third-order valence-electron chi connectivity index (χ3n) is 4.29. The van der Waals surface area contributed by atoms with Gasteiger partial charge in [0.2, 0.25) is 0 Å². The molecule has 1 atom stereocenters. The Hall–Kier alpha value is -4.06. The molecule has 2 heterocycles. The first-order chi connectivity index (χ1) is 14.7. The molecule has 2 aromatic heterocycles. The van der Waals surface area contributed by atoms with Crippen LogP contribution in [0.3, 0.4) is 0 Å². The van der Waals surface area contributed by atoms with Gasteiger partial charge in [-0.25, -0.2) is 9.18 Å². The average Bonchev–Trinajstić information content (AvgIpc) is 2.79. The van der Waals surface area contributed by atoms with E-state index in [-0.39, 0.29) is 0 Å². The van der Waals surface area contributed by atoms with Crippen LogP contribution >= 0.6 is 0 Å². The van der Waals surface area contributed by atoms with Crippen molar-refractivity contribution in [3.8, 4) is 11.5 Å². The van der Waals surface area contributed by atoms with Crippen molar-refractivity contribution in [1.29, 1.82) is 0 Å². The molecule has 0 saturated heterocycles. The van der Waals surface area contributed by atoms with Gasteiger partial charge in [0.15, 0.2) is 6.10 Å². The molecule has 0 aliphatic carbocycles. The van der Waals surface area contributed by atoms with Crippen molar-refractivity contribution in [3.05, 3.63) is 120 Å². The lowest BCUT2D eigenvalue weighted by Crippen LogP contribution is -2.14. The highest BCUT2D eigenvalue weighted by atomic mass is 19.1. The topological polar surface area (TPSA) is 61.3 Å². The first-order valence-corrected chi connectivity index (χ1v) is 9.24. The largest absolute Gasteiger partial charge is 0.456 e. The summed E-state index contributed by atoms with van der Waals surface area (Å²) >= 11 is 0. The van der Waals surface area contributed by atoms with Crippen LogP contribution in [0.25, 0.3) is 0 Å². The molecule has 0 saturated carbocycles. The minimum atomic E-state index is -0.833. The van der Waals surface area contributed by atoms with E-state index in [9.17, 15) is 9.18 Å². The molecule has 0 spiro atoms. The zero-order valence-corrected chi connectivity index (χ0v) is 15.8. The molecular weight excluding hydrogens is 383 g/mol. The number of carbonyl (C=O) groups excluding carboxylic acids is 1. The Bertz CT molecular complexity index is 1120. The van der Waals surface area contributed by atoms with E-state index < -0.39 is 17.9 Å². The molecule has 4 rings (SSSR count). The Morgan fingerprint density at radius 1 is 0.867 bits per heavy atom. The summed E-state index contributed by atoms with van der Waals surface area (Å²) in [6.45, 7) is 0. The van der Waals surface area contributed by atoms with Crippen molar-refractivity contribution in [3.63, 3.8) is 0 Å². The molecule has 6 heteroatoms. The number of ether oxygens (including phenoxy) is 2. The van der Waals surface area contributed by atoms with E-state index in [1.807, 2.05) is 0 Å². The lowest BCUT2D eigenvalue weighted by molar-refractivity contribution is 0.0370. The highest BCUT2D eigenvalue weighted by molar-refractivity contribution is 5.89. The molecule has 0 radical (unpaired) electrons. The third kappa shape index (κ3) is 4.67. The summed E-state index contributed by atoms with van der Waals surface area (Å²) in [5.41, 5.74) is 1.34. The van der Waals surface area contributed by atoms with E-state index in [0.29, 0.717) is 28.3 Å². The van der Waals surface area contributed by atoms with Gasteiger partial charge in [-0.05, 0) is 60.7 Å². The summed E-state index contributed by atoms with van der Waals surface area (Å²) in [6, 6.07) is 21.3. The average molecular weight is 400 g/mol. The van der Waals surface area contributed by atoms with Gasteiger partial charge in [0, 0.05) is 18.0 Å². The second-order valence-corrected chi connectivity index (χ2v) is 6.41. The number of carbonyl (C=O) groups is 1. The van der Waals surface area contributed by atoms with Crippen LogP contribution in [0.4, 0.5) is 4.39 Å². The number of hydrogen-bond acceptors (Lipinski definition) is 5. The second-order valence-electron chi connectivity index (χ2n) is 6.41. The Kier molecular flexibility index (Phi) is 5.75. The molecule has 1 unspecified atom stereocenters. The highest BCUT2D eigenvalue weighted by Gasteiger charge is 2.22. The van der Waals surface area contributed by atoms with E-state index in [2.05, 4.69) is 9.97 Å².